The Balaban J connectivity index is 1.27. The maximum Gasteiger partial charge on any atom is 0.413 e. The van der Waals surface area contributed by atoms with Crippen LogP contribution >= 0.6 is 0 Å². The van der Waals surface area contributed by atoms with E-state index in [4.69, 9.17) is 9.26 Å². The molecule has 12 nitrogen and oxygen atoms in total. The normalized spacial score (nSPS) is 11.8. The van der Waals surface area contributed by atoms with Gasteiger partial charge in [0.15, 0.2) is 17.1 Å². The average Bonchev–Trinajstić information content (AvgIpc) is 3.47. The Morgan fingerprint density at radius 3 is 2.67 bits per heavy atom. The van der Waals surface area contributed by atoms with Gasteiger partial charge in [-0.05, 0) is 50.2 Å². The van der Waals surface area contributed by atoms with Crippen molar-refractivity contribution in [3.63, 3.8) is 0 Å². The molecule has 0 radical (unpaired) electrons. The zero-order valence-electron chi connectivity index (χ0n) is 20.8. The summed E-state index contributed by atoms with van der Waals surface area (Å²) in [4.78, 5) is 32.8. The molecule has 0 spiro atoms. The van der Waals surface area contributed by atoms with E-state index in [9.17, 15) is 18.4 Å². The highest BCUT2D eigenvalue weighted by Crippen LogP contribution is 2.26. The van der Waals surface area contributed by atoms with Crippen LogP contribution in [0.5, 0.6) is 0 Å². The number of rotatable bonds is 6. The Bertz CT molecular complexity index is 1700. The molecule has 2 amide bonds. The Morgan fingerprint density at radius 2 is 1.90 bits per heavy atom. The molecule has 198 valence electrons. The van der Waals surface area contributed by atoms with Gasteiger partial charge < -0.3 is 14.6 Å². The molecule has 4 aromatic heterocycles. The summed E-state index contributed by atoms with van der Waals surface area (Å²) in [5.41, 5.74) is 2.36. The van der Waals surface area contributed by atoms with Gasteiger partial charge in [-0.3, -0.25) is 15.1 Å². The van der Waals surface area contributed by atoms with Crippen LogP contribution in [0.4, 0.5) is 25.1 Å². The lowest BCUT2D eigenvalue weighted by Gasteiger charge is -2.15. The van der Waals surface area contributed by atoms with Gasteiger partial charge in [-0.1, -0.05) is 10.4 Å². The Morgan fingerprint density at radius 1 is 1.08 bits per heavy atom. The molecule has 0 saturated carbocycles. The number of pyridine rings is 2. The lowest BCUT2D eigenvalue weighted by molar-refractivity contribution is 0.102. The van der Waals surface area contributed by atoms with Crippen LogP contribution in [0, 0.1) is 18.7 Å². The van der Waals surface area contributed by atoms with Gasteiger partial charge in [-0.2, -0.15) is 4.39 Å². The summed E-state index contributed by atoms with van der Waals surface area (Å²) < 4.78 is 39.0. The first-order chi connectivity index (χ1) is 18.7. The van der Waals surface area contributed by atoms with Gasteiger partial charge >= 0.3 is 6.09 Å². The van der Waals surface area contributed by atoms with E-state index in [0.29, 0.717) is 22.5 Å². The summed E-state index contributed by atoms with van der Waals surface area (Å²) in [5.74, 6) is -1.95. The molecule has 0 saturated heterocycles. The molecule has 14 heteroatoms. The fourth-order valence-electron chi connectivity index (χ4n) is 3.76. The maximum atomic E-state index is 13.9. The fraction of sp³-hybridized carbons (Fsp3) is 0.160. The van der Waals surface area contributed by atoms with Crippen molar-refractivity contribution < 1.29 is 27.6 Å². The van der Waals surface area contributed by atoms with Crippen molar-refractivity contribution in [3.8, 4) is 11.4 Å². The second kappa shape index (κ2) is 10.2. The highest BCUT2D eigenvalue weighted by Gasteiger charge is 2.21. The van der Waals surface area contributed by atoms with Crippen LogP contribution < -0.4 is 10.6 Å². The summed E-state index contributed by atoms with van der Waals surface area (Å²) in [6, 6.07) is 9.11. The Labute approximate surface area is 219 Å². The summed E-state index contributed by atoms with van der Waals surface area (Å²) in [6.07, 6.45) is 0.0533. The standard InChI is InChI=1S/C25H20F2N8O4/c1-12-17-6-4-14(8-20(17)39-33-12)24(36)30-16-5-7-19(28-11-16)21-23(35(3)34-32-21)31-25(37)38-13(2)18-9-15(26)10-29-22(18)27/h4-11,13H,1-3H3,(H,30,36)(H,31,37)/t13-/m1/s1. The smallest absolute Gasteiger partial charge is 0.413 e. The van der Waals surface area contributed by atoms with E-state index < -0.39 is 24.0 Å². The van der Waals surface area contributed by atoms with Crippen molar-refractivity contribution in [1.82, 2.24) is 30.1 Å². The van der Waals surface area contributed by atoms with Crippen molar-refractivity contribution in [1.29, 1.82) is 0 Å². The van der Waals surface area contributed by atoms with E-state index in [0.717, 1.165) is 23.3 Å². The molecule has 0 aliphatic rings. The number of aryl methyl sites for hydroxylation is 2. The molecule has 0 unspecified atom stereocenters. The third-order valence-electron chi connectivity index (χ3n) is 5.78. The van der Waals surface area contributed by atoms with E-state index in [1.54, 1.807) is 30.3 Å². The van der Waals surface area contributed by atoms with E-state index >= 15 is 0 Å². The monoisotopic (exact) mass is 534 g/mol. The number of hydrogen-bond donors (Lipinski definition) is 2. The molecule has 5 rings (SSSR count). The minimum atomic E-state index is -1.13. The number of anilines is 2. The van der Waals surface area contributed by atoms with E-state index in [-0.39, 0.29) is 23.0 Å². The molecular formula is C25H20F2N8O4. The van der Waals surface area contributed by atoms with Crippen molar-refractivity contribution in [2.45, 2.75) is 20.0 Å². The number of aromatic nitrogens is 6. The van der Waals surface area contributed by atoms with Crippen LogP contribution in [0.15, 0.2) is 53.3 Å². The molecule has 1 aromatic carbocycles. The van der Waals surface area contributed by atoms with E-state index in [1.165, 1.54) is 24.9 Å². The quantitative estimate of drug-likeness (QED) is 0.299. The van der Waals surface area contributed by atoms with Crippen molar-refractivity contribution in [2.75, 3.05) is 10.6 Å². The van der Waals surface area contributed by atoms with Crippen LogP contribution in [0.2, 0.25) is 0 Å². The number of carbonyl (C=O) groups excluding carboxylic acids is 2. The number of hydrogen-bond acceptors (Lipinski definition) is 9. The number of ether oxygens (including phenoxy) is 1. The predicted molar refractivity (Wildman–Crippen MR) is 134 cm³/mol. The summed E-state index contributed by atoms with van der Waals surface area (Å²) >= 11 is 0. The van der Waals surface area contributed by atoms with Crippen LogP contribution in [0.25, 0.3) is 22.4 Å². The van der Waals surface area contributed by atoms with Crippen LogP contribution in [-0.2, 0) is 11.8 Å². The Kier molecular flexibility index (Phi) is 6.66. The van der Waals surface area contributed by atoms with E-state index in [2.05, 4.69) is 36.1 Å². The van der Waals surface area contributed by atoms with Gasteiger partial charge in [0, 0.05) is 18.0 Å². The molecule has 39 heavy (non-hydrogen) atoms. The highest BCUT2D eigenvalue weighted by molar-refractivity contribution is 6.06. The molecule has 0 bridgehead atoms. The number of carbonyl (C=O) groups is 2. The number of nitrogens with one attached hydrogen (secondary N) is 2. The van der Waals surface area contributed by atoms with Crippen LogP contribution in [0.3, 0.4) is 0 Å². The Hall–Kier alpha value is -5.27. The highest BCUT2D eigenvalue weighted by atomic mass is 19.1. The second-order valence-electron chi connectivity index (χ2n) is 8.48. The molecular weight excluding hydrogens is 514 g/mol. The second-order valence-corrected chi connectivity index (χ2v) is 8.48. The van der Waals surface area contributed by atoms with Gasteiger partial charge in [-0.15, -0.1) is 5.10 Å². The van der Waals surface area contributed by atoms with Gasteiger partial charge in [0.05, 0.1) is 35.0 Å². The number of halogens is 2. The topological polar surface area (TPSA) is 150 Å². The third kappa shape index (κ3) is 5.25. The number of amides is 2. The molecule has 0 aliphatic heterocycles. The largest absolute Gasteiger partial charge is 0.441 e. The molecule has 4 heterocycles. The van der Waals surface area contributed by atoms with Crippen molar-refractivity contribution in [2.24, 2.45) is 7.05 Å². The lowest BCUT2D eigenvalue weighted by atomic mass is 10.1. The van der Waals surface area contributed by atoms with Crippen molar-refractivity contribution >= 4 is 34.5 Å². The van der Waals surface area contributed by atoms with Gasteiger partial charge in [0.25, 0.3) is 5.91 Å². The number of benzene rings is 1. The predicted octanol–water partition coefficient (Wildman–Crippen LogP) is 4.56. The minimum absolute atomic E-state index is 0.143. The van der Waals surface area contributed by atoms with E-state index in [1.807, 2.05) is 6.92 Å². The molecule has 0 fully saturated rings. The SMILES string of the molecule is Cc1noc2cc(C(=O)Nc3ccc(-c4nnn(C)c4NC(=O)O[C@H](C)c4cc(F)cnc4F)nc3)ccc12. The van der Waals surface area contributed by atoms with Crippen molar-refractivity contribution in [3.05, 3.63) is 77.4 Å². The van der Waals surface area contributed by atoms with Crippen LogP contribution in [0.1, 0.15) is 34.6 Å². The van der Waals surface area contributed by atoms with Gasteiger partial charge in [-0.25, -0.2) is 18.9 Å². The van der Waals surface area contributed by atoms with Crippen LogP contribution in [-0.4, -0.2) is 42.1 Å². The molecule has 0 aliphatic carbocycles. The minimum Gasteiger partial charge on any atom is -0.441 e. The average molecular weight is 534 g/mol. The third-order valence-corrected chi connectivity index (χ3v) is 5.78. The first-order valence-corrected chi connectivity index (χ1v) is 11.5. The van der Waals surface area contributed by atoms with Gasteiger partial charge in [0.2, 0.25) is 5.95 Å². The maximum absolute atomic E-state index is 13.9. The molecule has 5 aromatic rings. The number of nitrogens with zero attached hydrogens (tertiary/aromatic N) is 6. The summed E-state index contributed by atoms with van der Waals surface area (Å²) in [5, 5.41) is 17.9. The lowest BCUT2D eigenvalue weighted by Crippen LogP contribution is -2.19. The summed E-state index contributed by atoms with van der Waals surface area (Å²) in [6.45, 7) is 3.19. The summed E-state index contributed by atoms with van der Waals surface area (Å²) in [7, 11) is 1.53. The first kappa shape index (κ1) is 25.4. The zero-order valence-corrected chi connectivity index (χ0v) is 20.8. The molecule has 1 atom stereocenters. The first-order valence-electron chi connectivity index (χ1n) is 11.5. The fourth-order valence-corrected chi connectivity index (χ4v) is 3.76. The number of fused-ring (bicyclic) bond motifs is 1. The zero-order chi connectivity index (χ0) is 27.7. The molecule has 2 N–H and O–H groups in total. The van der Waals surface area contributed by atoms with Gasteiger partial charge in [0.1, 0.15) is 11.9 Å².